The van der Waals surface area contributed by atoms with Gasteiger partial charge in [0.05, 0.1) is 4.91 Å². The highest BCUT2D eigenvalue weighted by Gasteiger charge is 2.29. The molecule has 1 heterocycles. The van der Waals surface area contributed by atoms with Gasteiger partial charge < -0.3 is 0 Å². The van der Waals surface area contributed by atoms with E-state index in [1.807, 2.05) is 60.7 Å². The number of carbonyl (C=O) groups excluding carboxylic acids is 1. The van der Waals surface area contributed by atoms with Crippen LogP contribution >= 0.6 is 43.6 Å². The van der Waals surface area contributed by atoms with E-state index in [4.69, 9.17) is 0 Å². The molecule has 6 rings (SSSR count). The number of hydrogen-bond acceptors (Lipinski definition) is 3. The molecule has 0 fully saturated rings. The Morgan fingerprint density at radius 1 is 0.724 bits per heavy atom. The van der Waals surface area contributed by atoms with Crippen molar-refractivity contribution in [1.29, 1.82) is 0 Å². The third-order valence-corrected chi connectivity index (χ3v) is 8.01. The molecule has 29 heavy (non-hydrogen) atoms. The predicted molar refractivity (Wildman–Crippen MR) is 127 cm³/mol. The zero-order valence-corrected chi connectivity index (χ0v) is 18.7. The van der Waals surface area contributed by atoms with Gasteiger partial charge >= 0.3 is 0 Å². The Morgan fingerprint density at radius 2 is 1.38 bits per heavy atom. The van der Waals surface area contributed by atoms with Crippen molar-refractivity contribution in [3.05, 3.63) is 90.6 Å². The monoisotopic (exact) mass is 520 g/mol. The molecule has 0 unspecified atom stereocenters. The molecule has 0 N–H and O–H groups in total. The van der Waals surface area contributed by atoms with E-state index in [2.05, 4.69) is 31.9 Å². The molecule has 5 aromatic rings. The van der Waals surface area contributed by atoms with Crippen molar-refractivity contribution in [2.45, 2.75) is 4.90 Å². The summed E-state index contributed by atoms with van der Waals surface area (Å²) in [6.45, 7) is 0. The Kier molecular flexibility index (Phi) is 3.74. The molecule has 5 heteroatoms. The van der Waals surface area contributed by atoms with Crippen LogP contribution in [0.1, 0.15) is 10.4 Å². The molecule has 0 saturated heterocycles. The highest BCUT2D eigenvalue weighted by molar-refractivity contribution is 9.11. The number of hydrogen-bond donors (Lipinski definition) is 0. The van der Waals surface area contributed by atoms with Crippen molar-refractivity contribution >= 4 is 86.6 Å². The first-order chi connectivity index (χ1) is 14.0. The van der Waals surface area contributed by atoms with E-state index in [1.165, 1.54) is 11.8 Å². The fraction of sp³-hybridized carbons (Fsp3) is 0. The fourth-order valence-corrected chi connectivity index (χ4v) is 6.75. The zero-order chi connectivity index (χ0) is 19.9. The quantitative estimate of drug-likeness (QED) is 0.240. The Bertz CT molecular complexity index is 1630. The SMILES string of the molecule is O=C1/C(=c2\c(=O)c3ccc(Br)c4c(Br)ccc2c43)Sc2cc3ccccc3cc21. The van der Waals surface area contributed by atoms with Crippen LogP contribution in [0.25, 0.3) is 37.2 Å². The summed E-state index contributed by atoms with van der Waals surface area (Å²) in [6.07, 6.45) is 0. The Morgan fingerprint density at radius 3 is 2.10 bits per heavy atom. The first-order valence-electron chi connectivity index (χ1n) is 9.00. The lowest BCUT2D eigenvalue weighted by Crippen LogP contribution is -2.23. The number of Topliss-reactive ketones (excluding diaryl/α,β-unsaturated/α-hetero) is 1. The summed E-state index contributed by atoms with van der Waals surface area (Å²) < 4.78 is 1.84. The molecule has 0 aliphatic carbocycles. The van der Waals surface area contributed by atoms with Crippen molar-refractivity contribution in [2.75, 3.05) is 0 Å². The highest BCUT2D eigenvalue weighted by atomic mass is 79.9. The maximum atomic E-state index is 13.4. The Labute approximate surface area is 186 Å². The van der Waals surface area contributed by atoms with Gasteiger partial charge in [-0.15, -0.1) is 0 Å². The largest absolute Gasteiger partial charge is 0.289 e. The van der Waals surface area contributed by atoms with Gasteiger partial charge in [-0.1, -0.05) is 74.0 Å². The third kappa shape index (κ3) is 2.35. The molecule has 0 bridgehead atoms. The molecule has 1 aliphatic rings. The molecule has 138 valence electrons. The van der Waals surface area contributed by atoms with Crippen molar-refractivity contribution < 1.29 is 4.79 Å². The average molecular weight is 522 g/mol. The van der Waals surface area contributed by atoms with E-state index in [1.54, 1.807) is 0 Å². The molecule has 0 aromatic heterocycles. The summed E-state index contributed by atoms with van der Waals surface area (Å²) in [7, 11) is 0. The Hall–Kier alpha value is -2.21. The van der Waals surface area contributed by atoms with Crippen LogP contribution in [0.4, 0.5) is 0 Å². The summed E-state index contributed by atoms with van der Waals surface area (Å²) in [4.78, 5) is 28.1. The van der Waals surface area contributed by atoms with Crippen LogP contribution < -0.4 is 10.6 Å². The Balaban J connectivity index is 1.75. The number of ketones is 1. The van der Waals surface area contributed by atoms with E-state index < -0.39 is 0 Å². The summed E-state index contributed by atoms with van der Waals surface area (Å²) in [6, 6.07) is 19.6. The number of fused-ring (bicyclic) bond motifs is 2. The lowest BCUT2D eigenvalue weighted by molar-refractivity contribution is 0.105. The van der Waals surface area contributed by atoms with Crippen molar-refractivity contribution in [3.8, 4) is 0 Å². The van der Waals surface area contributed by atoms with Gasteiger partial charge in [-0.2, -0.15) is 0 Å². The molecule has 2 nitrogen and oxygen atoms in total. The second-order valence-corrected chi connectivity index (χ2v) is 9.86. The van der Waals surface area contributed by atoms with Gasteiger partial charge in [0, 0.05) is 40.8 Å². The minimum atomic E-state index is -0.0798. The molecule has 0 saturated carbocycles. The average Bonchev–Trinajstić information content (AvgIpc) is 3.18. The van der Waals surface area contributed by atoms with Crippen LogP contribution in [0.3, 0.4) is 0 Å². The highest BCUT2D eigenvalue weighted by Crippen LogP contribution is 2.43. The van der Waals surface area contributed by atoms with Gasteiger partial charge in [-0.05, 0) is 46.5 Å². The van der Waals surface area contributed by atoms with Crippen LogP contribution in [0.2, 0.25) is 0 Å². The number of rotatable bonds is 0. The minimum Gasteiger partial charge on any atom is -0.289 e. The molecule has 1 aliphatic heterocycles. The normalized spacial score (nSPS) is 15.7. The van der Waals surface area contributed by atoms with E-state index in [9.17, 15) is 9.59 Å². The maximum absolute atomic E-state index is 13.4. The minimum absolute atomic E-state index is 0.0676. The van der Waals surface area contributed by atoms with Gasteiger partial charge in [0.25, 0.3) is 0 Å². The smallest absolute Gasteiger partial charge is 0.201 e. The van der Waals surface area contributed by atoms with E-state index in [0.29, 0.717) is 21.1 Å². The van der Waals surface area contributed by atoms with Gasteiger partial charge in [0.2, 0.25) is 5.78 Å². The zero-order valence-electron chi connectivity index (χ0n) is 14.8. The van der Waals surface area contributed by atoms with E-state index in [-0.39, 0.29) is 11.2 Å². The predicted octanol–water partition coefficient (Wildman–Crippen LogP) is 6.28. The van der Waals surface area contributed by atoms with E-state index >= 15 is 0 Å². The molecule has 5 aromatic carbocycles. The van der Waals surface area contributed by atoms with Crippen molar-refractivity contribution in [1.82, 2.24) is 0 Å². The molecule has 0 spiro atoms. The summed E-state index contributed by atoms with van der Waals surface area (Å²) >= 11 is 8.60. The first kappa shape index (κ1) is 17.6. The number of carbonyl (C=O) groups is 1. The fourth-order valence-electron chi connectivity index (χ4n) is 4.22. The molecular formula is C24H10Br2O2S. The van der Waals surface area contributed by atoms with Gasteiger partial charge in [0.15, 0.2) is 5.43 Å². The van der Waals surface area contributed by atoms with Crippen LogP contribution in [-0.4, -0.2) is 5.78 Å². The number of halogens is 2. The molecule has 0 amide bonds. The van der Waals surface area contributed by atoms with Gasteiger partial charge in [-0.3, -0.25) is 9.59 Å². The van der Waals surface area contributed by atoms with Crippen molar-refractivity contribution in [3.63, 3.8) is 0 Å². The molecule has 0 atom stereocenters. The van der Waals surface area contributed by atoms with Gasteiger partial charge in [0.1, 0.15) is 0 Å². The first-order valence-corrected chi connectivity index (χ1v) is 11.4. The second-order valence-electron chi connectivity index (χ2n) is 7.10. The maximum Gasteiger partial charge on any atom is 0.201 e. The lowest BCUT2D eigenvalue weighted by atomic mass is 10.0. The number of thioether (sulfide) groups is 1. The molecule has 0 radical (unpaired) electrons. The standard InChI is InChI=1S/C24H10Br2O2S/c25-16-7-5-13-19-14(6-8-17(26)21(16)19)22(27)20(13)24-23(28)15-9-11-3-1-2-4-12(11)10-18(15)29-24/h1-10H/b24-20+. The summed E-state index contributed by atoms with van der Waals surface area (Å²) in [5.41, 5.74) is 0.596. The van der Waals surface area contributed by atoms with E-state index in [0.717, 1.165) is 40.8 Å². The number of benzene rings is 4. The van der Waals surface area contributed by atoms with Crippen LogP contribution in [0.15, 0.2) is 79.3 Å². The lowest BCUT2D eigenvalue weighted by Gasteiger charge is -2.04. The topological polar surface area (TPSA) is 34.1 Å². The van der Waals surface area contributed by atoms with Gasteiger partial charge in [-0.25, -0.2) is 0 Å². The second kappa shape index (κ2) is 6.14. The third-order valence-electron chi connectivity index (χ3n) is 5.54. The molecular weight excluding hydrogens is 512 g/mol. The summed E-state index contributed by atoms with van der Waals surface area (Å²) in [5.74, 6) is -0.0676. The summed E-state index contributed by atoms with van der Waals surface area (Å²) in [5, 5.41) is 5.98. The van der Waals surface area contributed by atoms with Crippen LogP contribution in [0.5, 0.6) is 0 Å². The van der Waals surface area contributed by atoms with Crippen molar-refractivity contribution in [2.24, 2.45) is 0 Å². The van der Waals surface area contributed by atoms with Crippen LogP contribution in [-0.2, 0) is 0 Å². The van der Waals surface area contributed by atoms with Crippen LogP contribution in [0, 0.1) is 0 Å².